The van der Waals surface area contributed by atoms with Crippen molar-refractivity contribution in [2.45, 2.75) is 32.6 Å². The summed E-state index contributed by atoms with van der Waals surface area (Å²) >= 11 is 6.19. The molecule has 9 heteroatoms. The Balaban J connectivity index is 1.99. The first-order chi connectivity index (χ1) is 12.7. The molecule has 1 aromatic carbocycles. The zero-order chi connectivity index (χ0) is 20.1. The minimum absolute atomic E-state index is 0.230. The Morgan fingerprint density at radius 1 is 1.37 bits per heavy atom. The summed E-state index contributed by atoms with van der Waals surface area (Å²) in [4.78, 5) is 4.60. The summed E-state index contributed by atoms with van der Waals surface area (Å²) in [5.74, 6) is 0.476. The summed E-state index contributed by atoms with van der Waals surface area (Å²) < 4.78 is 38.5. The lowest BCUT2D eigenvalue weighted by Gasteiger charge is -2.25. The number of benzene rings is 1. The molecule has 0 aromatic heterocycles. The van der Waals surface area contributed by atoms with Gasteiger partial charge >= 0.3 is 0 Å². The SMILES string of the molecule is CCNC(=NCC(C)(C)c1ccc(F)cc1Cl)NCCN1CCCS1(=O)=O. The molecule has 0 atom stereocenters. The maximum Gasteiger partial charge on any atom is 0.214 e. The van der Waals surface area contributed by atoms with Crippen LogP contribution in [0.15, 0.2) is 23.2 Å². The van der Waals surface area contributed by atoms with Gasteiger partial charge in [-0.1, -0.05) is 31.5 Å². The summed E-state index contributed by atoms with van der Waals surface area (Å²) in [5.41, 5.74) is 0.444. The summed E-state index contributed by atoms with van der Waals surface area (Å²) in [6.45, 7) is 8.55. The molecule has 1 fully saturated rings. The molecule has 1 aromatic rings. The van der Waals surface area contributed by atoms with Gasteiger partial charge in [-0.15, -0.1) is 0 Å². The van der Waals surface area contributed by atoms with Crippen LogP contribution in [-0.4, -0.2) is 57.2 Å². The van der Waals surface area contributed by atoms with Gasteiger partial charge in [0.05, 0.1) is 12.3 Å². The van der Waals surface area contributed by atoms with Crippen molar-refractivity contribution in [3.63, 3.8) is 0 Å². The van der Waals surface area contributed by atoms with E-state index in [9.17, 15) is 12.8 Å². The van der Waals surface area contributed by atoms with Crippen LogP contribution in [0.5, 0.6) is 0 Å². The lowest BCUT2D eigenvalue weighted by Crippen LogP contribution is -2.42. The fourth-order valence-electron chi connectivity index (χ4n) is 2.98. The molecule has 1 aliphatic heterocycles. The van der Waals surface area contributed by atoms with Crippen LogP contribution in [0, 0.1) is 5.82 Å². The van der Waals surface area contributed by atoms with Crippen molar-refractivity contribution in [1.29, 1.82) is 0 Å². The van der Waals surface area contributed by atoms with Crippen LogP contribution in [0.2, 0.25) is 5.02 Å². The first-order valence-electron chi connectivity index (χ1n) is 9.11. The van der Waals surface area contributed by atoms with Crippen molar-refractivity contribution in [2.75, 3.05) is 38.5 Å². The zero-order valence-electron chi connectivity index (χ0n) is 16.1. The number of nitrogens with zero attached hydrogens (tertiary/aromatic N) is 2. The fourth-order valence-corrected chi connectivity index (χ4v) is 4.94. The number of sulfonamides is 1. The lowest BCUT2D eigenvalue weighted by molar-refractivity contribution is 0.444. The van der Waals surface area contributed by atoms with Crippen molar-refractivity contribution in [1.82, 2.24) is 14.9 Å². The number of hydrogen-bond acceptors (Lipinski definition) is 3. The molecule has 0 radical (unpaired) electrons. The fraction of sp³-hybridized carbons (Fsp3) is 0.611. The third-order valence-corrected chi connectivity index (χ3v) is 6.76. The second-order valence-corrected chi connectivity index (χ2v) is 9.69. The average Bonchev–Trinajstić information content (AvgIpc) is 2.91. The van der Waals surface area contributed by atoms with E-state index in [0.29, 0.717) is 50.1 Å². The van der Waals surface area contributed by atoms with Gasteiger partial charge in [-0.3, -0.25) is 4.99 Å². The molecule has 1 heterocycles. The van der Waals surface area contributed by atoms with Crippen LogP contribution in [0.3, 0.4) is 0 Å². The van der Waals surface area contributed by atoms with Crippen molar-refractivity contribution in [2.24, 2.45) is 4.99 Å². The van der Waals surface area contributed by atoms with Crippen molar-refractivity contribution >= 4 is 27.6 Å². The maximum atomic E-state index is 13.3. The molecule has 2 rings (SSSR count). The third kappa shape index (κ3) is 6.05. The predicted octanol–water partition coefficient (Wildman–Crippen LogP) is 2.35. The molecule has 152 valence electrons. The average molecular weight is 419 g/mol. The Morgan fingerprint density at radius 2 is 2.11 bits per heavy atom. The van der Waals surface area contributed by atoms with Gasteiger partial charge in [-0.2, -0.15) is 0 Å². The number of nitrogens with one attached hydrogen (secondary N) is 2. The van der Waals surface area contributed by atoms with Gasteiger partial charge in [0, 0.05) is 36.6 Å². The van der Waals surface area contributed by atoms with Crippen LogP contribution in [-0.2, 0) is 15.4 Å². The standard InChI is InChI=1S/C18H28ClFN4O2S/c1-4-21-17(22-8-10-24-9-5-11-27(24,25)26)23-13-18(2,3)15-7-6-14(20)12-16(15)19/h6-7,12H,4-5,8-11,13H2,1-3H3,(H2,21,22,23). The highest BCUT2D eigenvalue weighted by Crippen LogP contribution is 2.30. The van der Waals surface area contributed by atoms with Gasteiger partial charge in [-0.25, -0.2) is 17.1 Å². The molecule has 0 bridgehead atoms. The van der Waals surface area contributed by atoms with E-state index in [1.165, 1.54) is 16.4 Å². The summed E-state index contributed by atoms with van der Waals surface area (Å²) in [6.07, 6.45) is 0.684. The van der Waals surface area contributed by atoms with E-state index in [-0.39, 0.29) is 17.0 Å². The number of halogens is 2. The van der Waals surface area contributed by atoms with E-state index < -0.39 is 10.0 Å². The molecule has 27 heavy (non-hydrogen) atoms. The lowest BCUT2D eigenvalue weighted by atomic mass is 9.84. The Bertz CT molecular complexity index is 784. The van der Waals surface area contributed by atoms with Crippen LogP contribution < -0.4 is 10.6 Å². The van der Waals surface area contributed by atoms with Gasteiger partial charge in [0.25, 0.3) is 0 Å². The molecule has 0 unspecified atom stereocenters. The van der Waals surface area contributed by atoms with E-state index in [2.05, 4.69) is 15.6 Å². The molecule has 0 aliphatic carbocycles. The second kappa shape index (κ2) is 9.21. The quantitative estimate of drug-likeness (QED) is 0.526. The molecular weight excluding hydrogens is 391 g/mol. The Morgan fingerprint density at radius 3 is 2.70 bits per heavy atom. The monoisotopic (exact) mass is 418 g/mol. The van der Waals surface area contributed by atoms with Crippen LogP contribution >= 0.6 is 11.6 Å². The highest BCUT2D eigenvalue weighted by atomic mass is 35.5. The molecule has 1 saturated heterocycles. The van der Waals surface area contributed by atoms with Crippen molar-refractivity contribution < 1.29 is 12.8 Å². The zero-order valence-corrected chi connectivity index (χ0v) is 17.6. The van der Waals surface area contributed by atoms with Gasteiger partial charge in [0.1, 0.15) is 5.82 Å². The van der Waals surface area contributed by atoms with Crippen LogP contribution in [0.1, 0.15) is 32.8 Å². The molecule has 2 N–H and O–H groups in total. The third-order valence-electron chi connectivity index (χ3n) is 4.49. The van der Waals surface area contributed by atoms with Crippen LogP contribution in [0.25, 0.3) is 0 Å². The molecule has 0 spiro atoms. The summed E-state index contributed by atoms with van der Waals surface area (Å²) in [7, 11) is -3.09. The minimum atomic E-state index is -3.09. The first kappa shape index (κ1) is 21.9. The first-order valence-corrected chi connectivity index (χ1v) is 11.1. The van der Waals surface area contributed by atoms with E-state index in [1.807, 2.05) is 20.8 Å². The van der Waals surface area contributed by atoms with E-state index in [0.717, 1.165) is 5.56 Å². The highest BCUT2D eigenvalue weighted by Gasteiger charge is 2.27. The van der Waals surface area contributed by atoms with Crippen molar-refractivity contribution in [3.05, 3.63) is 34.6 Å². The summed E-state index contributed by atoms with van der Waals surface area (Å²) in [5, 5.41) is 6.71. The Labute approximate surface area is 166 Å². The number of aliphatic imine (C=N–C) groups is 1. The Kier molecular flexibility index (Phi) is 7.47. The predicted molar refractivity (Wildman–Crippen MR) is 108 cm³/mol. The molecule has 0 amide bonds. The molecule has 0 saturated carbocycles. The largest absolute Gasteiger partial charge is 0.357 e. The summed E-state index contributed by atoms with van der Waals surface area (Å²) in [6, 6.07) is 4.39. The van der Waals surface area contributed by atoms with E-state index in [1.54, 1.807) is 6.07 Å². The Hall–Kier alpha value is -1.38. The van der Waals surface area contributed by atoms with Gasteiger partial charge < -0.3 is 10.6 Å². The second-order valence-electron chi connectivity index (χ2n) is 7.20. The molecule has 1 aliphatic rings. The smallest absolute Gasteiger partial charge is 0.214 e. The van der Waals surface area contributed by atoms with Gasteiger partial charge in [0.15, 0.2) is 5.96 Å². The molecule has 6 nitrogen and oxygen atoms in total. The van der Waals surface area contributed by atoms with E-state index in [4.69, 9.17) is 11.6 Å². The number of hydrogen-bond donors (Lipinski definition) is 2. The normalized spacial score (nSPS) is 17.9. The minimum Gasteiger partial charge on any atom is -0.357 e. The van der Waals surface area contributed by atoms with E-state index >= 15 is 0 Å². The topological polar surface area (TPSA) is 73.8 Å². The number of guanidine groups is 1. The highest BCUT2D eigenvalue weighted by molar-refractivity contribution is 7.89. The van der Waals surface area contributed by atoms with Gasteiger partial charge in [-0.05, 0) is 31.0 Å². The number of rotatable bonds is 7. The van der Waals surface area contributed by atoms with Crippen LogP contribution in [0.4, 0.5) is 4.39 Å². The van der Waals surface area contributed by atoms with Crippen molar-refractivity contribution in [3.8, 4) is 0 Å². The molecular formula is C18H28ClFN4O2S. The maximum absolute atomic E-state index is 13.3. The van der Waals surface area contributed by atoms with Gasteiger partial charge in [0.2, 0.25) is 10.0 Å².